The molecule has 0 aliphatic carbocycles. The van der Waals surface area contributed by atoms with Gasteiger partial charge in [0.15, 0.2) is 6.29 Å². The van der Waals surface area contributed by atoms with E-state index >= 15 is 0 Å². The molecular weight excluding hydrogens is 356 g/mol. The maximum atomic E-state index is 14.0. The number of carbonyl (C=O) groups is 2. The molecule has 1 amide bonds. The molecule has 2 unspecified atom stereocenters. The van der Waals surface area contributed by atoms with Crippen LogP contribution >= 0.6 is 0 Å². The molecule has 3 aromatic rings. The Bertz CT molecular complexity index is 1050. The van der Waals surface area contributed by atoms with Gasteiger partial charge in [-0.25, -0.2) is 4.98 Å². The van der Waals surface area contributed by atoms with Gasteiger partial charge in [0.2, 0.25) is 0 Å². The number of aldehydes is 1. The fourth-order valence-electron chi connectivity index (χ4n) is 3.71. The molecule has 8 heteroatoms. The summed E-state index contributed by atoms with van der Waals surface area (Å²) in [5.74, 6) is -5.30. The standard InChI is InChI=1S/C19H17F2N3O3/c1-2-13-14(23-18(26)19(13,20)21)10-27-15-5-3-4-11-8-12(9-25)17-22-6-7-24(17)16(11)15/h3-9,13-14H,2,10H2,1H3,(H,23,26). The van der Waals surface area contributed by atoms with Crippen molar-refractivity contribution in [3.8, 4) is 5.75 Å². The third-order valence-corrected chi connectivity index (χ3v) is 5.04. The molecule has 1 aliphatic heterocycles. The fraction of sp³-hybridized carbons (Fsp3) is 0.316. The van der Waals surface area contributed by atoms with E-state index in [4.69, 9.17) is 4.74 Å². The van der Waals surface area contributed by atoms with Crippen LogP contribution in [0, 0.1) is 5.92 Å². The normalized spacial score (nSPS) is 21.5. The predicted molar refractivity (Wildman–Crippen MR) is 94.2 cm³/mol. The second-order valence-corrected chi connectivity index (χ2v) is 6.56. The summed E-state index contributed by atoms with van der Waals surface area (Å²) in [7, 11) is 0. The van der Waals surface area contributed by atoms with Crippen LogP contribution in [0.3, 0.4) is 0 Å². The van der Waals surface area contributed by atoms with Crippen LogP contribution in [-0.4, -0.2) is 40.1 Å². The molecule has 0 saturated carbocycles. The van der Waals surface area contributed by atoms with Gasteiger partial charge in [0, 0.05) is 17.8 Å². The van der Waals surface area contributed by atoms with Crippen molar-refractivity contribution in [3.05, 3.63) is 42.2 Å². The van der Waals surface area contributed by atoms with Gasteiger partial charge in [0.05, 0.1) is 23.0 Å². The lowest BCUT2D eigenvalue weighted by atomic mass is 9.95. The maximum Gasteiger partial charge on any atom is 0.329 e. The van der Waals surface area contributed by atoms with Crippen molar-refractivity contribution in [1.29, 1.82) is 0 Å². The molecule has 1 aromatic carbocycles. The Balaban J connectivity index is 1.70. The Hall–Kier alpha value is -3.03. The van der Waals surface area contributed by atoms with E-state index in [-0.39, 0.29) is 13.0 Å². The minimum absolute atomic E-state index is 0.0788. The quantitative estimate of drug-likeness (QED) is 0.698. The number of carbonyl (C=O) groups excluding carboxylic acids is 2. The summed E-state index contributed by atoms with van der Waals surface area (Å²) >= 11 is 0. The topological polar surface area (TPSA) is 72.7 Å². The number of ether oxygens (including phenoxy) is 1. The van der Waals surface area contributed by atoms with Gasteiger partial charge in [-0.3, -0.25) is 14.0 Å². The molecule has 1 saturated heterocycles. The van der Waals surface area contributed by atoms with Crippen LogP contribution in [0.5, 0.6) is 5.75 Å². The van der Waals surface area contributed by atoms with Crippen LogP contribution in [-0.2, 0) is 4.79 Å². The molecule has 2 atom stereocenters. The van der Waals surface area contributed by atoms with Crippen molar-refractivity contribution in [3.63, 3.8) is 0 Å². The smallest absolute Gasteiger partial charge is 0.329 e. The van der Waals surface area contributed by atoms with E-state index in [1.807, 2.05) is 6.07 Å². The second kappa shape index (κ2) is 6.29. The number of para-hydroxylation sites is 1. The highest BCUT2D eigenvalue weighted by Crippen LogP contribution is 2.36. The number of benzene rings is 1. The number of aromatic nitrogens is 2. The first kappa shape index (κ1) is 17.4. The number of halogens is 2. The van der Waals surface area contributed by atoms with E-state index in [0.717, 1.165) is 11.7 Å². The minimum atomic E-state index is -3.39. The molecule has 1 aliphatic rings. The lowest BCUT2D eigenvalue weighted by molar-refractivity contribution is -0.144. The first-order valence-electron chi connectivity index (χ1n) is 8.63. The van der Waals surface area contributed by atoms with Gasteiger partial charge in [0.25, 0.3) is 5.91 Å². The number of hydrogen-bond acceptors (Lipinski definition) is 4. The van der Waals surface area contributed by atoms with E-state index < -0.39 is 23.8 Å². The molecule has 0 radical (unpaired) electrons. The molecule has 6 nitrogen and oxygen atoms in total. The maximum absolute atomic E-state index is 14.0. The molecule has 140 valence electrons. The minimum Gasteiger partial charge on any atom is -0.489 e. The van der Waals surface area contributed by atoms with Gasteiger partial charge in [0.1, 0.15) is 18.0 Å². The van der Waals surface area contributed by atoms with Crippen LogP contribution in [0.1, 0.15) is 23.7 Å². The highest BCUT2D eigenvalue weighted by molar-refractivity contribution is 5.95. The SMILES string of the molecule is CCC1C(COc2cccc3cc(C=O)c4nccn4c23)NC(=O)C1(F)F. The van der Waals surface area contributed by atoms with Gasteiger partial charge < -0.3 is 10.1 Å². The number of nitrogens with one attached hydrogen (secondary N) is 1. The van der Waals surface area contributed by atoms with E-state index in [9.17, 15) is 18.4 Å². The highest BCUT2D eigenvalue weighted by Gasteiger charge is 2.56. The number of amides is 1. The number of rotatable bonds is 5. The Morgan fingerprint density at radius 1 is 1.41 bits per heavy atom. The average molecular weight is 373 g/mol. The zero-order valence-electron chi connectivity index (χ0n) is 14.5. The highest BCUT2D eigenvalue weighted by atomic mass is 19.3. The van der Waals surface area contributed by atoms with Gasteiger partial charge >= 0.3 is 5.92 Å². The van der Waals surface area contributed by atoms with E-state index in [1.165, 1.54) is 0 Å². The largest absolute Gasteiger partial charge is 0.489 e. The van der Waals surface area contributed by atoms with Crippen LogP contribution in [0.25, 0.3) is 16.6 Å². The third-order valence-electron chi connectivity index (χ3n) is 5.04. The van der Waals surface area contributed by atoms with Gasteiger partial charge in [-0.2, -0.15) is 8.78 Å². The Morgan fingerprint density at radius 2 is 2.22 bits per heavy atom. The Labute approximate surface area is 153 Å². The van der Waals surface area contributed by atoms with Crippen molar-refractivity contribution in [2.75, 3.05) is 6.61 Å². The molecule has 2 aromatic heterocycles. The summed E-state index contributed by atoms with van der Waals surface area (Å²) in [5.41, 5.74) is 1.61. The number of nitrogens with zero attached hydrogens (tertiary/aromatic N) is 2. The first-order valence-corrected chi connectivity index (χ1v) is 8.63. The first-order chi connectivity index (χ1) is 13.0. The van der Waals surface area contributed by atoms with Gasteiger partial charge in [-0.05, 0) is 18.6 Å². The van der Waals surface area contributed by atoms with Gasteiger partial charge in [-0.15, -0.1) is 0 Å². The summed E-state index contributed by atoms with van der Waals surface area (Å²) in [4.78, 5) is 27.1. The molecule has 0 spiro atoms. The Morgan fingerprint density at radius 3 is 2.96 bits per heavy atom. The lowest BCUT2D eigenvalue weighted by Crippen LogP contribution is -2.35. The van der Waals surface area contributed by atoms with Crippen molar-refractivity contribution >= 4 is 28.7 Å². The van der Waals surface area contributed by atoms with Crippen LogP contribution in [0.4, 0.5) is 8.78 Å². The number of fused-ring (bicyclic) bond motifs is 3. The predicted octanol–water partition coefficient (Wildman–Crippen LogP) is 2.84. The Kier molecular flexibility index (Phi) is 4.05. The zero-order valence-corrected chi connectivity index (χ0v) is 14.5. The van der Waals surface area contributed by atoms with E-state index in [1.54, 1.807) is 41.9 Å². The average Bonchev–Trinajstić information content (AvgIpc) is 3.22. The summed E-state index contributed by atoms with van der Waals surface area (Å²) in [6.45, 7) is 1.55. The fourth-order valence-corrected chi connectivity index (χ4v) is 3.71. The van der Waals surface area contributed by atoms with Crippen molar-refractivity contribution < 1.29 is 23.1 Å². The molecule has 27 heavy (non-hydrogen) atoms. The number of imidazole rings is 1. The molecule has 3 heterocycles. The summed E-state index contributed by atoms with van der Waals surface area (Å²) in [6, 6.07) is 6.24. The summed E-state index contributed by atoms with van der Waals surface area (Å²) in [5, 5.41) is 3.09. The van der Waals surface area contributed by atoms with E-state index in [0.29, 0.717) is 22.5 Å². The van der Waals surface area contributed by atoms with Crippen LogP contribution in [0.2, 0.25) is 0 Å². The number of hydrogen-bond donors (Lipinski definition) is 1. The van der Waals surface area contributed by atoms with Gasteiger partial charge in [-0.1, -0.05) is 19.1 Å². The third kappa shape index (κ3) is 2.63. The van der Waals surface area contributed by atoms with Crippen LogP contribution < -0.4 is 10.1 Å². The summed E-state index contributed by atoms with van der Waals surface area (Å²) < 4.78 is 35.5. The second-order valence-electron chi connectivity index (χ2n) is 6.56. The van der Waals surface area contributed by atoms with Crippen molar-refractivity contribution in [2.24, 2.45) is 5.92 Å². The lowest BCUT2D eigenvalue weighted by Gasteiger charge is -2.21. The monoisotopic (exact) mass is 373 g/mol. The summed E-state index contributed by atoms with van der Waals surface area (Å²) in [6.07, 6.45) is 4.17. The molecule has 0 bridgehead atoms. The zero-order chi connectivity index (χ0) is 19.2. The molecule has 4 rings (SSSR count). The van der Waals surface area contributed by atoms with Crippen molar-refractivity contribution in [1.82, 2.24) is 14.7 Å². The molecule has 1 fully saturated rings. The van der Waals surface area contributed by atoms with E-state index in [2.05, 4.69) is 10.3 Å². The van der Waals surface area contributed by atoms with Crippen LogP contribution in [0.15, 0.2) is 36.7 Å². The molecule has 1 N–H and O–H groups in total. The number of pyridine rings is 1. The molecular formula is C19H17F2N3O3. The van der Waals surface area contributed by atoms with Crippen molar-refractivity contribution in [2.45, 2.75) is 25.3 Å². The number of alkyl halides is 2.